The van der Waals surface area contributed by atoms with E-state index in [0.717, 1.165) is 24.0 Å². The molecule has 0 atom stereocenters. The van der Waals surface area contributed by atoms with Crippen LogP contribution in [0.4, 0.5) is 0 Å². The van der Waals surface area contributed by atoms with E-state index in [2.05, 4.69) is 31.4 Å². The lowest BCUT2D eigenvalue weighted by molar-refractivity contribution is -0.124. The van der Waals surface area contributed by atoms with Crippen molar-refractivity contribution in [3.05, 3.63) is 58.3 Å². The third-order valence-electron chi connectivity index (χ3n) is 4.01. The lowest BCUT2D eigenvalue weighted by Gasteiger charge is -2.30. The van der Waals surface area contributed by atoms with Crippen LogP contribution in [0.1, 0.15) is 37.8 Å². The Morgan fingerprint density at radius 3 is 2.32 bits per heavy atom. The first-order valence-electron chi connectivity index (χ1n) is 6.83. The van der Waals surface area contributed by atoms with Crippen LogP contribution in [0.25, 0.3) is 0 Å². The molecule has 1 nitrogen and oxygen atoms in total. The number of hydrogen-bond donors (Lipinski definition) is 0. The van der Waals surface area contributed by atoms with Crippen LogP contribution in [0.5, 0.6) is 0 Å². The topological polar surface area (TPSA) is 17.1 Å². The summed E-state index contributed by atoms with van der Waals surface area (Å²) in [5.41, 5.74) is 1.96. The SMILES string of the molecule is CCC(CC)(C(=O)Cc1ccsc1)c1ccccc1. The van der Waals surface area contributed by atoms with Crippen LogP contribution in [0.15, 0.2) is 47.2 Å². The van der Waals surface area contributed by atoms with Crippen LogP contribution in [-0.4, -0.2) is 5.78 Å². The number of thiophene rings is 1. The number of benzene rings is 1. The van der Waals surface area contributed by atoms with E-state index in [0.29, 0.717) is 12.2 Å². The molecule has 19 heavy (non-hydrogen) atoms. The van der Waals surface area contributed by atoms with Gasteiger partial charge < -0.3 is 0 Å². The van der Waals surface area contributed by atoms with Crippen molar-refractivity contribution in [3.63, 3.8) is 0 Å². The highest BCUT2D eigenvalue weighted by atomic mass is 32.1. The Bertz CT molecular complexity index is 509. The summed E-state index contributed by atoms with van der Waals surface area (Å²) in [7, 11) is 0. The van der Waals surface area contributed by atoms with E-state index < -0.39 is 0 Å². The Morgan fingerprint density at radius 1 is 1.11 bits per heavy atom. The molecule has 0 bridgehead atoms. The summed E-state index contributed by atoms with van der Waals surface area (Å²) in [4.78, 5) is 12.8. The molecule has 1 aromatic heterocycles. The van der Waals surface area contributed by atoms with E-state index in [9.17, 15) is 4.79 Å². The number of carbonyl (C=O) groups excluding carboxylic acids is 1. The van der Waals surface area contributed by atoms with Crippen LogP contribution in [0.2, 0.25) is 0 Å². The maximum Gasteiger partial charge on any atom is 0.147 e. The lowest BCUT2D eigenvalue weighted by atomic mass is 9.71. The summed E-state index contributed by atoms with van der Waals surface area (Å²) in [5.74, 6) is 0.335. The molecule has 0 saturated heterocycles. The molecule has 0 unspecified atom stereocenters. The molecule has 2 aromatic rings. The van der Waals surface area contributed by atoms with Crippen LogP contribution in [0.3, 0.4) is 0 Å². The number of Topliss-reactive ketones (excluding diaryl/α,β-unsaturated/α-hetero) is 1. The normalized spacial score (nSPS) is 11.5. The van der Waals surface area contributed by atoms with Gasteiger partial charge in [0.05, 0.1) is 5.41 Å². The van der Waals surface area contributed by atoms with E-state index >= 15 is 0 Å². The molecule has 2 rings (SSSR count). The van der Waals surface area contributed by atoms with Crippen molar-refractivity contribution >= 4 is 17.1 Å². The standard InChI is InChI=1S/C17H20OS/c1-3-17(4-2,15-8-6-5-7-9-15)16(18)12-14-10-11-19-13-14/h5-11,13H,3-4,12H2,1-2H3. The Hall–Kier alpha value is -1.41. The van der Waals surface area contributed by atoms with Gasteiger partial charge >= 0.3 is 0 Å². The van der Waals surface area contributed by atoms with E-state index in [4.69, 9.17) is 0 Å². The second-order valence-corrected chi connectivity index (χ2v) is 5.67. The van der Waals surface area contributed by atoms with Gasteiger partial charge in [0, 0.05) is 6.42 Å². The molecule has 0 fully saturated rings. The zero-order chi connectivity index (χ0) is 13.7. The van der Waals surface area contributed by atoms with E-state index in [1.54, 1.807) is 11.3 Å². The minimum atomic E-state index is -0.330. The number of carbonyl (C=O) groups is 1. The number of hydrogen-bond acceptors (Lipinski definition) is 2. The fourth-order valence-electron chi connectivity index (χ4n) is 2.72. The Kier molecular flexibility index (Phi) is 4.54. The van der Waals surface area contributed by atoms with Crippen molar-refractivity contribution in [1.29, 1.82) is 0 Å². The molecule has 0 radical (unpaired) electrons. The maximum absolute atomic E-state index is 12.8. The maximum atomic E-state index is 12.8. The van der Waals surface area contributed by atoms with Crippen molar-refractivity contribution in [2.45, 2.75) is 38.5 Å². The van der Waals surface area contributed by atoms with Crippen molar-refractivity contribution in [2.24, 2.45) is 0 Å². The molecule has 0 aliphatic rings. The van der Waals surface area contributed by atoms with Gasteiger partial charge in [-0.05, 0) is 40.8 Å². The quantitative estimate of drug-likeness (QED) is 0.750. The average Bonchev–Trinajstić information content (AvgIpc) is 2.95. The summed E-state index contributed by atoms with van der Waals surface area (Å²) in [6, 6.07) is 12.3. The predicted molar refractivity (Wildman–Crippen MR) is 81.7 cm³/mol. The molecule has 0 spiro atoms. The molecule has 1 heterocycles. The highest BCUT2D eigenvalue weighted by Gasteiger charge is 2.35. The first kappa shape index (κ1) is 14.0. The summed E-state index contributed by atoms with van der Waals surface area (Å²) in [5, 5.41) is 4.10. The van der Waals surface area contributed by atoms with Gasteiger partial charge in [-0.3, -0.25) is 4.79 Å². The van der Waals surface area contributed by atoms with Crippen LogP contribution in [0, 0.1) is 0 Å². The Balaban J connectivity index is 2.31. The lowest BCUT2D eigenvalue weighted by Crippen LogP contribution is -2.35. The summed E-state index contributed by atoms with van der Waals surface area (Å²) in [6.07, 6.45) is 2.26. The molecule has 0 aliphatic heterocycles. The average molecular weight is 272 g/mol. The van der Waals surface area contributed by atoms with E-state index in [-0.39, 0.29) is 5.41 Å². The fourth-order valence-corrected chi connectivity index (χ4v) is 3.39. The Morgan fingerprint density at radius 2 is 1.79 bits per heavy atom. The molecular formula is C17H20OS. The largest absolute Gasteiger partial charge is 0.298 e. The van der Waals surface area contributed by atoms with Gasteiger partial charge in [0.2, 0.25) is 0 Å². The van der Waals surface area contributed by atoms with Gasteiger partial charge in [-0.2, -0.15) is 11.3 Å². The third kappa shape index (κ3) is 2.79. The molecule has 0 N–H and O–H groups in total. The Labute approximate surface area is 119 Å². The zero-order valence-corrected chi connectivity index (χ0v) is 12.4. The van der Waals surface area contributed by atoms with Crippen LogP contribution >= 0.6 is 11.3 Å². The van der Waals surface area contributed by atoms with Gasteiger partial charge in [-0.25, -0.2) is 0 Å². The van der Waals surface area contributed by atoms with Gasteiger partial charge in [0.25, 0.3) is 0 Å². The van der Waals surface area contributed by atoms with Gasteiger partial charge in [0.15, 0.2) is 0 Å². The molecule has 1 aromatic carbocycles. The third-order valence-corrected chi connectivity index (χ3v) is 4.74. The van der Waals surface area contributed by atoms with Crippen molar-refractivity contribution in [2.75, 3.05) is 0 Å². The van der Waals surface area contributed by atoms with E-state index in [1.807, 2.05) is 29.6 Å². The van der Waals surface area contributed by atoms with Gasteiger partial charge in [0.1, 0.15) is 5.78 Å². The highest BCUT2D eigenvalue weighted by molar-refractivity contribution is 7.08. The predicted octanol–water partition coefficient (Wildman–Crippen LogP) is 4.62. The molecule has 0 saturated carbocycles. The van der Waals surface area contributed by atoms with Crippen LogP contribution in [-0.2, 0) is 16.6 Å². The minimum absolute atomic E-state index is 0.330. The van der Waals surface area contributed by atoms with Crippen molar-refractivity contribution in [1.82, 2.24) is 0 Å². The van der Waals surface area contributed by atoms with Crippen LogP contribution < -0.4 is 0 Å². The highest BCUT2D eigenvalue weighted by Crippen LogP contribution is 2.34. The van der Waals surface area contributed by atoms with Gasteiger partial charge in [-0.15, -0.1) is 0 Å². The number of ketones is 1. The minimum Gasteiger partial charge on any atom is -0.298 e. The second kappa shape index (κ2) is 6.16. The molecule has 0 aliphatic carbocycles. The first-order valence-corrected chi connectivity index (χ1v) is 7.77. The molecule has 2 heteroatoms. The molecular weight excluding hydrogens is 252 g/mol. The fraction of sp³-hybridized carbons (Fsp3) is 0.353. The molecule has 100 valence electrons. The molecule has 0 amide bonds. The zero-order valence-electron chi connectivity index (χ0n) is 11.6. The van der Waals surface area contributed by atoms with E-state index in [1.165, 1.54) is 0 Å². The smallest absolute Gasteiger partial charge is 0.147 e. The summed E-state index contributed by atoms with van der Waals surface area (Å²) in [6.45, 7) is 4.23. The first-order chi connectivity index (χ1) is 9.23. The summed E-state index contributed by atoms with van der Waals surface area (Å²) >= 11 is 1.65. The monoisotopic (exact) mass is 272 g/mol. The van der Waals surface area contributed by atoms with Gasteiger partial charge in [-0.1, -0.05) is 44.2 Å². The second-order valence-electron chi connectivity index (χ2n) is 4.89. The van der Waals surface area contributed by atoms with Crippen molar-refractivity contribution < 1.29 is 4.79 Å². The number of rotatable bonds is 6. The van der Waals surface area contributed by atoms with Crippen molar-refractivity contribution in [3.8, 4) is 0 Å². The summed E-state index contributed by atoms with van der Waals surface area (Å²) < 4.78 is 0.